The molecule has 2 rings (SSSR count). The molecule has 144 valence electrons. The van der Waals surface area contributed by atoms with E-state index in [0.717, 1.165) is 0 Å². The van der Waals surface area contributed by atoms with Gasteiger partial charge in [0.1, 0.15) is 5.92 Å². The van der Waals surface area contributed by atoms with Crippen molar-refractivity contribution in [3.8, 4) is 0 Å². The largest absolute Gasteiger partial charge is 0.399 e. The van der Waals surface area contributed by atoms with Gasteiger partial charge in [0.25, 0.3) is 0 Å². The van der Waals surface area contributed by atoms with Crippen molar-refractivity contribution in [3.05, 3.63) is 71.8 Å². The normalized spacial score (nSPS) is 8.96. The molecule has 0 heterocycles. The van der Waals surface area contributed by atoms with Gasteiger partial charge in [-0.3, -0.25) is 0 Å². The third kappa shape index (κ3) is 11.4. The third-order valence-corrected chi connectivity index (χ3v) is 2.59. The molecule has 3 heteroatoms. The second-order valence-corrected chi connectivity index (χ2v) is 3.80. The molecule has 0 N–H and O–H groups in total. The lowest BCUT2D eigenvalue weighted by Crippen LogP contribution is -2.21. The molecule has 0 saturated heterocycles. The molecule has 25 heavy (non-hydrogen) atoms. The first-order chi connectivity index (χ1) is 12.1. The van der Waals surface area contributed by atoms with Crippen LogP contribution in [0.3, 0.4) is 0 Å². The van der Waals surface area contributed by atoms with Crippen molar-refractivity contribution < 1.29 is 13.2 Å². The van der Waals surface area contributed by atoms with E-state index in [4.69, 9.17) is 0 Å². The smallest absolute Gasteiger partial charge is 0.170 e. The molecule has 0 atom stereocenters. The molecule has 0 nitrogen and oxygen atoms in total. The molecule has 0 aromatic heterocycles. The number of halogens is 3. The highest BCUT2D eigenvalue weighted by Crippen LogP contribution is 2.39. The third-order valence-electron chi connectivity index (χ3n) is 2.59. The fraction of sp³-hybridized carbons (Fsp3) is 0.455. The van der Waals surface area contributed by atoms with Crippen molar-refractivity contribution >= 4 is 0 Å². The standard InChI is InChI=1S/C14H11F3.4C2H6/c15-14(16,17)13(11-7-3-1-4-8-11)12-9-5-2-6-10-12;4*1-2/h1-10,13H;4*1-2H3. The molecule has 0 unspecified atom stereocenters. The Morgan fingerprint density at radius 2 is 0.760 bits per heavy atom. The van der Waals surface area contributed by atoms with Gasteiger partial charge in [-0.25, -0.2) is 0 Å². The lowest BCUT2D eigenvalue weighted by atomic mass is 9.91. The Morgan fingerprint density at radius 1 is 0.520 bits per heavy atom. The summed E-state index contributed by atoms with van der Waals surface area (Å²) in [5, 5.41) is 0. The van der Waals surface area contributed by atoms with Crippen LogP contribution in [-0.2, 0) is 0 Å². The molecule has 0 spiro atoms. The second kappa shape index (κ2) is 18.6. The Kier molecular flexibility index (Phi) is 20.8. The van der Waals surface area contributed by atoms with E-state index in [0.29, 0.717) is 0 Å². The zero-order valence-electron chi connectivity index (χ0n) is 17.0. The topological polar surface area (TPSA) is 0 Å². The fourth-order valence-corrected chi connectivity index (χ4v) is 1.86. The molecule has 0 aliphatic rings. The minimum atomic E-state index is -4.28. The summed E-state index contributed by atoms with van der Waals surface area (Å²) in [6, 6.07) is 15.9. The highest BCUT2D eigenvalue weighted by molar-refractivity contribution is 5.33. The van der Waals surface area contributed by atoms with Gasteiger partial charge in [0.2, 0.25) is 0 Å². The van der Waals surface area contributed by atoms with E-state index in [1.54, 1.807) is 36.4 Å². The molecule has 2 aromatic carbocycles. The molecular formula is C22H35F3. The molecule has 0 fully saturated rings. The number of rotatable bonds is 2. The summed E-state index contributed by atoms with van der Waals surface area (Å²) in [5.74, 6) is -1.55. The van der Waals surface area contributed by atoms with Gasteiger partial charge in [0.05, 0.1) is 0 Å². The molecular weight excluding hydrogens is 321 g/mol. The van der Waals surface area contributed by atoms with Crippen molar-refractivity contribution in [2.24, 2.45) is 0 Å². The first-order valence-corrected chi connectivity index (χ1v) is 9.25. The summed E-state index contributed by atoms with van der Waals surface area (Å²) in [6.45, 7) is 16.0. The van der Waals surface area contributed by atoms with Gasteiger partial charge in [0.15, 0.2) is 0 Å². The highest BCUT2D eigenvalue weighted by Gasteiger charge is 2.41. The lowest BCUT2D eigenvalue weighted by Gasteiger charge is -2.21. The van der Waals surface area contributed by atoms with Gasteiger partial charge in [-0.2, -0.15) is 13.2 Å². The predicted molar refractivity (Wildman–Crippen MR) is 106 cm³/mol. The van der Waals surface area contributed by atoms with E-state index in [2.05, 4.69) is 0 Å². The highest BCUT2D eigenvalue weighted by atomic mass is 19.4. The summed E-state index contributed by atoms with van der Waals surface area (Å²) in [5.41, 5.74) is 0.539. The van der Waals surface area contributed by atoms with E-state index < -0.39 is 12.1 Å². The minimum absolute atomic E-state index is 0.270. The summed E-state index contributed by atoms with van der Waals surface area (Å²) >= 11 is 0. The summed E-state index contributed by atoms with van der Waals surface area (Å²) < 4.78 is 39.3. The molecule has 0 aliphatic heterocycles. The van der Waals surface area contributed by atoms with E-state index in [1.165, 1.54) is 24.3 Å². The monoisotopic (exact) mass is 356 g/mol. The fourth-order valence-electron chi connectivity index (χ4n) is 1.86. The lowest BCUT2D eigenvalue weighted by molar-refractivity contribution is -0.141. The van der Waals surface area contributed by atoms with Gasteiger partial charge < -0.3 is 0 Å². The second-order valence-electron chi connectivity index (χ2n) is 3.80. The van der Waals surface area contributed by atoms with Crippen LogP contribution < -0.4 is 0 Å². The van der Waals surface area contributed by atoms with Gasteiger partial charge in [-0.05, 0) is 11.1 Å². The SMILES string of the molecule is CC.CC.CC.CC.FC(F)(F)C(c1ccccc1)c1ccccc1. The van der Waals surface area contributed by atoms with E-state index in [9.17, 15) is 13.2 Å². The Morgan fingerprint density at radius 3 is 0.960 bits per heavy atom. The van der Waals surface area contributed by atoms with Crippen LogP contribution in [0, 0.1) is 0 Å². The predicted octanol–water partition coefficient (Wildman–Crippen LogP) is 8.49. The minimum Gasteiger partial charge on any atom is -0.170 e. The van der Waals surface area contributed by atoms with Crippen LogP contribution in [0.2, 0.25) is 0 Å². The van der Waals surface area contributed by atoms with Crippen molar-refractivity contribution in [1.82, 2.24) is 0 Å². The number of alkyl halides is 3. The van der Waals surface area contributed by atoms with Gasteiger partial charge in [0, 0.05) is 0 Å². The van der Waals surface area contributed by atoms with Crippen LogP contribution in [0.1, 0.15) is 72.4 Å². The van der Waals surface area contributed by atoms with Crippen molar-refractivity contribution in [2.75, 3.05) is 0 Å². The molecule has 0 bridgehead atoms. The van der Waals surface area contributed by atoms with Crippen LogP contribution >= 0.6 is 0 Å². The average Bonchev–Trinajstić information content (AvgIpc) is 2.69. The molecule has 0 amide bonds. The zero-order chi connectivity index (χ0) is 20.3. The first-order valence-electron chi connectivity index (χ1n) is 9.25. The maximum Gasteiger partial charge on any atom is 0.399 e. The maximum absolute atomic E-state index is 13.1. The summed E-state index contributed by atoms with van der Waals surface area (Å²) in [7, 11) is 0. The molecule has 0 saturated carbocycles. The quantitative estimate of drug-likeness (QED) is 0.506. The van der Waals surface area contributed by atoms with Crippen LogP contribution in [0.4, 0.5) is 13.2 Å². The summed E-state index contributed by atoms with van der Waals surface area (Å²) in [4.78, 5) is 0. The first kappa shape index (κ1) is 28.1. The van der Waals surface area contributed by atoms with Crippen LogP contribution in [0.15, 0.2) is 60.7 Å². The van der Waals surface area contributed by atoms with Gasteiger partial charge in [-0.15, -0.1) is 0 Å². The number of hydrogen-bond acceptors (Lipinski definition) is 0. The van der Waals surface area contributed by atoms with Crippen LogP contribution in [0.25, 0.3) is 0 Å². The average molecular weight is 357 g/mol. The number of hydrogen-bond donors (Lipinski definition) is 0. The van der Waals surface area contributed by atoms with Crippen molar-refractivity contribution in [1.29, 1.82) is 0 Å². The Bertz CT molecular complexity index is 422. The Labute approximate surface area is 153 Å². The van der Waals surface area contributed by atoms with Gasteiger partial charge >= 0.3 is 6.18 Å². The zero-order valence-corrected chi connectivity index (χ0v) is 17.0. The van der Waals surface area contributed by atoms with Crippen LogP contribution in [-0.4, -0.2) is 6.18 Å². The van der Waals surface area contributed by atoms with Gasteiger partial charge in [-0.1, -0.05) is 116 Å². The molecule has 0 radical (unpaired) electrons. The summed E-state index contributed by atoms with van der Waals surface area (Å²) in [6.07, 6.45) is -4.28. The van der Waals surface area contributed by atoms with E-state index >= 15 is 0 Å². The Balaban J connectivity index is -0.000000533. The van der Waals surface area contributed by atoms with E-state index in [1.807, 2.05) is 55.4 Å². The van der Waals surface area contributed by atoms with Crippen molar-refractivity contribution in [2.45, 2.75) is 67.5 Å². The van der Waals surface area contributed by atoms with Crippen molar-refractivity contribution in [3.63, 3.8) is 0 Å². The molecule has 0 aliphatic carbocycles. The van der Waals surface area contributed by atoms with E-state index in [-0.39, 0.29) is 11.1 Å². The van der Waals surface area contributed by atoms with Crippen LogP contribution in [0.5, 0.6) is 0 Å². The molecule has 2 aromatic rings. The Hall–Kier alpha value is -1.77. The maximum atomic E-state index is 13.1. The number of benzene rings is 2.